The Morgan fingerprint density at radius 2 is 1.73 bits per heavy atom. The number of carbonyl (C=O) groups is 5. The third-order valence-electron chi connectivity index (χ3n) is 10.8. The summed E-state index contributed by atoms with van der Waals surface area (Å²) in [7, 11) is -3.58. The molecule has 0 bridgehead atoms. The van der Waals surface area contributed by atoms with Crippen molar-refractivity contribution < 1.29 is 37.1 Å². The summed E-state index contributed by atoms with van der Waals surface area (Å²) in [5.74, 6) is -2.73. The van der Waals surface area contributed by atoms with Gasteiger partial charge >= 0.3 is 6.03 Å². The number of ketones is 1. The maximum atomic E-state index is 14.4. The number of hydrogen-bond donors (Lipinski definition) is 4. The quantitative estimate of drug-likeness (QED) is 0.167. The van der Waals surface area contributed by atoms with Crippen molar-refractivity contribution in [2.75, 3.05) is 25.4 Å². The molecule has 5 amide bonds. The van der Waals surface area contributed by atoms with Gasteiger partial charge in [-0.1, -0.05) is 79.7 Å². The average molecular weight is 694 g/mol. The molecule has 2 heterocycles. The second-order valence-corrected chi connectivity index (χ2v) is 17.8. The topological polar surface area (TPSA) is 180 Å². The number of nitrogens with zero attached hydrogens (tertiary/aromatic N) is 1. The number of piperidine rings is 1. The van der Waals surface area contributed by atoms with Crippen molar-refractivity contribution in [2.45, 2.75) is 122 Å². The molecule has 4 N–H and O–H groups in total. The van der Waals surface area contributed by atoms with E-state index in [9.17, 15) is 32.4 Å². The zero-order valence-corrected chi connectivity index (χ0v) is 30.2. The number of unbranched alkanes of at least 4 members (excludes halogenated alkanes) is 1. The number of fused-ring (bicyclic) bond motifs is 1. The molecule has 0 aromatic heterocycles. The number of carbonyl (C=O) groups excluding carboxylic acids is 5. The van der Waals surface area contributed by atoms with E-state index in [0.29, 0.717) is 25.8 Å². The third-order valence-corrected chi connectivity index (χ3v) is 12.8. The molecule has 270 valence electrons. The van der Waals surface area contributed by atoms with Gasteiger partial charge in [0.1, 0.15) is 12.1 Å². The van der Waals surface area contributed by atoms with Gasteiger partial charge in [-0.25, -0.2) is 13.2 Å². The van der Waals surface area contributed by atoms with Crippen LogP contribution in [0.2, 0.25) is 0 Å². The molecule has 0 radical (unpaired) electrons. The Bertz CT molecular complexity index is 1380. The summed E-state index contributed by atoms with van der Waals surface area (Å²) in [5.41, 5.74) is -3.26. The van der Waals surface area contributed by atoms with Crippen molar-refractivity contribution in [3.05, 3.63) is 12.7 Å². The van der Waals surface area contributed by atoms with Gasteiger partial charge in [-0.05, 0) is 41.9 Å². The first kappa shape index (κ1) is 37.8. The van der Waals surface area contributed by atoms with Gasteiger partial charge < -0.3 is 30.9 Å². The van der Waals surface area contributed by atoms with Crippen LogP contribution in [0.1, 0.15) is 92.9 Å². The first-order valence-corrected chi connectivity index (χ1v) is 19.1. The number of sulfone groups is 1. The largest absolute Gasteiger partial charge is 0.359 e. The van der Waals surface area contributed by atoms with Crippen LogP contribution in [0.4, 0.5) is 4.79 Å². The molecule has 2 unspecified atom stereocenters. The summed E-state index contributed by atoms with van der Waals surface area (Å²) in [6, 6.07) is -3.68. The normalized spacial score (nSPS) is 27.9. The van der Waals surface area contributed by atoms with Crippen LogP contribution in [0, 0.1) is 22.7 Å². The van der Waals surface area contributed by atoms with Crippen LogP contribution >= 0.6 is 0 Å². The highest BCUT2D eigenvalue weighted by Crippen LogP contribution is 2.65. The number of ether oxygens (including phenoxy) is 1. The fourth-order valence-corrected chi connectivity index (χ4v) is 9.78. The summed E-state index contributed by atoms with van der Waals surface area (Å²) in [5, 5.41) is 11.1. The minimum Gasteiger partial charge on any atom is -0.359 e. The highest BCUT2D eigenvalue weighted by Gasteiger charge is 2.70. The van der Waals surface area contributed by atoms with E-state index in [1.807, 2.05) is 41.5 Å². The van der Waals surface area contributed by atoms with E-state index in [1.54, 1.807) is 0 Å². The first-order valence-electron chi connectivity index (χ1n) is 17.4. The van der Waals surface area contributed by atoms with Crippen LogP contribution in [0.5, 0.6) is 0 Å². The Labute approximate surface area is 285 Å². The molecule has 2 aliphatic carbocycles. The van der Waals surface area contributed by atoms with Gasteiger partial charge in [0.2, 0.25) is 17.6 Å². The zero-order valence-electron chi connectivity index (χ0n) is 29.4. The zero-order chi connectivity index (χ0) is 35.7. The van der Waals surface area contributed by atoms with Crippen molar-refractivity contribution in [1.29, 1.82) is 0 Å². The van der Waals surface area contributed by atoms with E-state index >= 15 is 0 Å². The van der Waals surface area contributed by atoms with Gasteiger partial charge in [0, 0.05) is 13.1 Å². The maximum Gasteiger partial charge on any atom is 0.316 e. The summed E-state index contributed by atoms with van der Waals surface area (Å²) >= 11 is 0. The van der Waals surface area contributed by atoms with Crippen LogP contribution < -0.4 is 21.3 Å². The minimum atomic E-state index is -3.58. The molecule has 6 atom stereocenters. The van der Waals surface area contributed by atoms with Gasteiger partial charge in [-0.15, -0.1) is 6.58 Å². The van der Waals surface area contributed by atoms with Crippen LogP contribution in [-0.2, 0) is 33.8 Å². The standard InChI is InChI=1S/C34H55N5O8S/c1-8-10-14-22(25(40)28(42)35-17-9-2)36-27(41)24-23-21(33(23,6)7)20-39(24)29(43)26(32(3,4)5)37-31(44)38-34(15-12-11-13-16-34)30-47-18-19-48(30,45)46/h9,21-24,26,30H,2,8,10-20H2,1,3-7H3,(H,35,42)(H,36,41)(H2,37,38,44)/t21?,22-,23-,24-,26+,30?/m0/s1. The molecule has 0 aromatic carbocycles. The van der Waals surface area contributed by atoms with E-state index in [2.05, 4.69) is 27.8 Å². The first-order chi connectivity index (χ1) is 22.4. The molecule has 4 aliphatic rings. The lowest BCUT2D eigenvalue weighted by atomic mass is 9.82. The molecule has 4 fully saturated rings. The Morgan fingerprint density at radius 3 is 2.29 bits per heavy atom. The fourth-order valence-electron chi connectivity index (χ4n) is 7.95. The summed E-state index contributed by atoms with van der Waals surface area (Å²) in [6.07, 6.45) is 6.36. The predicted molar refractivity (Wildman–Crippen MR) is 180 cm³/mol. The Kier molecular flexibility index (Phi) is 11.4. The Balaban J connectivity index is 1.55. The van der Waals surface area contributed by atoms with E-state index < -0.39 is 73.9 Å². The molecule has 2 saturated carbocycles. The van der Waals surface area contributed by atoms with Gasteiger partial charge in [0.15, 0.2) is 15.3 Å². The van der Waals surface area contributed by atoms with Gasteiger partial charge in [0.25, 0.3) is 5.91 Å². The number of likely N-dealkylation sites (tertiary alicyclic amines) is 1. The van der Waals surface area contributed by atoms with Crippen LogP contribution in [0.3, 0.4) is 0 Å². The fraction of sp³-hybridized carbons (Fsp3) is 0.794. The smallest absolute Gasteiger partial charge is 0.316 e. The number of hydrogen-bond acceptors (Lipinski definition) is 8. The lowest BCUT2D eigenvalue weighted by Crippen LogP contribution is -2.65. The molecule has 13 nitrogen and oxygen atoms in total. The number of nitrogens with one attached hydrogen (secondary N) is 4. The Morgan fingerprint density at radius 1 is 1.06 bits per heavy atom. The number of Topliss-reactive ketones (excluding diaryl/α,β-unsaturated/α-hetero) is 1. The molecule has 4 rings (SSSR count). The minimum absolute atomic E-state index is 0.0440. The van der Waals surface area contributed by atoms with Crippen molar-refractivity contribution >= 4 is 39.4 Å². The van der Waals surface area contributed by atoms with Crippen molar-refractivity contribution in [3.63, 3.8) is 0 Å². The molecule has 2 saturated heterocycles. The van der Waals surface area contributed by atoms with Crippen molar-refractivity contribution in [2.24, 2.45) is 22.7 Å². The molecule has 0 aromatic rings. The van der Waals surface area contributed by atoms with Crippen LogP contribution in [0.15, 0.2) is 12.7 Å². The van der Waals surface area contributed by atoms with E-state index in [1.165, 1.54) is 11.0 Å². The average Bonchev–Trinajstić information content (AvgIpc) is 3.33. The summed E-state index contributed by atoms with van der Waals surface area (Å²) in [4.78, 5) is 69.3. The van der Waals surface area contributed by atoms with Gasteiger partial charge in [0.05, 0.1) is 23.9 Å². The molecule has 48 heavy (non-hydrogen) atoms. The molecule has 2 aliphatic heterocycles. The third kappa shape index (κ3) is 7.74. The van der Waals surface area contributed by atoms with Crippen LogP contribution in [0.25, 0.3) is 0 Å². The highest BCUT2D eigenvalue weighted by molar-refractivity contribution is 7.92. The molecular weight excluding hydrogens is 638 g/mol. The molecule has 14 heteroatoms. The lowest BCUT2D eigenvalue weighted by Gasteiger charge is -2.42. The molecular formula is C34H55N5O8S. The van der Waals surface area contributed by atoms with E-state index in [4.69, 9.17) is 4.74 Å². The monoisotopic (exact) mass is 693 g/mol. The van der Waals surface area contributed by atoms with Crippen LogP contribution in [-0.4, -0.2) is 97.4 Å². The Hall–Kier alpha value is -3.00. The van der Waals surface area contributed by atoms with Crippen molar-refractivity contribution in [1.82, 2.24) is 26.2 Å². The molecule has 0 spiro atoms. The summed E-state index contributed by atoms with van der Waals surface area (Å²) in [6.45, 7) is 15.5. The van der Waals surface area contributed by atoms with Gasteiger partial charge in [-0.2, -0.15) is 0 Å². The van der Waals surface area contributed by atoms with E-state index in [0.717, 1.165) is 25.7 Å². The lowest BCUT2D eigenvalue weighted by molar-refractivity contribution is -0.145. The maximum absolute atomic E-state index is 14.4. The van der Waals surface area contributed by atoms with Crippen molar-refractivity contribution in [3.8, 4) is 0 Å². The predicted octanol–water partition coefficient (Wildman–Crippen LogP) is 2.20. The summed E-state index contributed by atoms with van der Waals surface area (Å²) < 4.78 is 31.5. The van der Waals surface area contributed by atoms with E-state index in [-0.39, 0.29) is 42.6 Å². The number of amides is 5. The number of rotatable bonds is 13. The van der Waals surface area contributed by atoms with Gasteiger partial charge in [-0.3, -0.25) is 19.2 Å². The second-order valence-electron chi connectivity index (χ2n) is 15.6. The second kappa shape index (κ2) is 14.5. The SMILES string of the molecule is C=CCNC(=O)C(=O)[C@H](CCCC)NC(=O)[C@@H]1[C@@H]2C(CN1C(=O)[C@@H](NC(=O)NC1(C3OCCS3(=O)=O)CCCCC1)C(C)(C)C)C2(C)C. The number of urea groups is 1. The highest BCUT2D eigenvalue weighted by atomic mass is 32.2.